The van der Waals surface area contributed by atoms with Gasteiger partial charge in [-0.2, -0.15) is 5.10 Å². The Morgan fingerprint density at radius 3 is 2.74 bits per heavy atom. The monoisotopic (exact) mass is 540 g/mol. The van der Waals surface area contributed by atoms with Crippen LogP contribution in [0.3, 0.4) is 0 Å². The zero-order valence-electron chi connectivity index (χ0n) is 18.4. The van der Waals surface area contributed by atoms with Crippen LogP contribution < -0.4 is 5.32 Å². The number of aromatic nitrogens is 2. The molecule has 0 spiro atoms. The van der Waals surface area contributed by atoms with Crippen molar-refractivity contribution < 1.29 is 9.47 Å². The van der Waals surface area contributed by atoms with Gasteiger partial charge < -0.3 is 19.7 Å². The molecule has 1 aromatic carbocycles. The van der Waals surface area contributed by atoms with E-state index in [0.717, 1.165) is 64.0 Å². The van der Waals surface area contributed by atoms with Gasteiger partial charge in [0.05, 0.1) is 32.6 Å². The largest absolute Gasteiger partial charge is 0.379 e. The third-order valence-corrected chi connectivity index (χ3v) is 5.63. The van der Waals surface area contributed by atoms with Crippen molar-refractivity contribution in [3.8, 4) is 0 Å². The molecule has 1 unspecified atom stereocenters. The number of rotatable bonds is 5. The van der Waals surface area contributed by atoms with Crippen LogP contribution in [0.1, 0.15) is 22.8 Å². The number of hydrogen-bond acceptors (Lipinski definition) is 5. The van der Waals surface area contributed by atoms with Crippen molar-refractivity contribution in [1.29, 1.82) is 0 Å². The molecule has 1 N–H and O–H groups in total. The van der Waals surface area contributed by atoms with E-state index < -0.39 is 0 Å². The zero-order chi connectivity index (χ0) is 20.8. The number of morpholine rings is 2. The lowest BCUT2D eigenvalue weighted by Crippen LogP contribution is -2.47. The molecule has 0 bridgehead atoms. The molecular formula is C22H33IN6O2. The number of guanidine groups is 1. The van der Waals surface area contributed by atoms with Gasteiger partial charge in [0.2, 0.25) is 0 Å². The Bertz CT molecular complexity index is 852. The molecule has 8 nitrogen and oxygen atoms in total. The standard InChI is InChI=1S/C22H32N6O2.HI/c1-23-22(28-8-11-30-21(17-28)20-14-25-26(2)16-20)24-13-18-4-3-5-19(12-18)15-27-6-9-29-10-7-27;/h3-5,12,14,16,21H,6-11,13,15,17H2,1-2H3,(H,23,24);1H. The zero-order valence-corrected chi connectivity index (χ0v) is 20.7. The van der Waals surface area contributed by atoms with E-state index in [9.17, 15) is 0 Å². The molecule has 0 amide bonds. The third-order valence-electron chi connectivity index (χ3n) is 5.63. The van der Waals surface area contributed by atoms with E-state index in [2.05, 4.69) is 49.5 Å². The Hall–Kier alpha value is -1.69. The van der Waals surface area contributed by atoms with E-state index >= 15 is 0 Å². The fraction of sp³-hybridized carbons (Fsp3) is 0.545. The van der Waals surface area contributed by atoms with Crippen molar-refractivity contribution in [3.05, 3.63) is 53.3 Å². The molecule has 0 aliphatic carbocycles. The summed E-state index contributed by atoms with van der Waals surface area (Å²) >= 11 is 0. The molecule has 2 aliphatic rings. The maximum atomic E-state index is 5.96. The second-order valence-corrected chi connectivity index (χ2v) is 7.86. The minimum absolute atomic E-state index is 0. The van der Waals surface area contributed by atoms with Crippen LogP contribution in [0.4, 0.5) is 0 Å². The molecule has 2 fully saturated rings. The number of ether oxygens (including phenoxy) is 2. The second-order valence-electron chi connectivity index (χ2n) is 7.86. The molecule has 2 saturated heterocycles. The van der Waals surface area contributed by atoms with Crippen molar-refractivity contribution in [2.45, 2.75) is 19.2 Å². The maximum absolute atomic E-state index is 5.96. The maximum Gasteiger partial charge on any atom is 0.194 e. The topological polar surface area (TPSA) is 67.2 Å². The number of aryl methyl sites for hydroxylation is 1. The number of nitrogens with zero attached hydrogens (tertiary/aromatic N) is 5. The molecule has 170 valence electrons. The van der Waals surface area contributed by atoms with Gasteiger partial charge in [-0.1, -0.05) is 24.3 Å². The van der Waals surface area contributed by atoms with Crippen molar-refractivity contribution in [1.82, 2.24) is 24.9 Å². The van der Waals surface area contributed by atoms with E-state index in [4.69, 9.17) is 9.47 Å². The average Bonchev–Trinajstić information content (AvgIpc) is 3.22. The molecule has 0 saturated carbocycles. The fourth-order valence-corrected chi connectivity index (χ4v) is 4.02. The lowest BCUT2D eigenvalue weighted by molar-refractivity contribution is -0.00805. The smallest absolute Gasteiger partial charge is 0.194 e. The van der Waals surface area contributed by atoms with Gasteiger partial charge in [-0.05, 0) is 11.1 Å². The van der Waals surface area contributed by atoms with Gasteiger partial charge in [0, 0.05) is 58.6 Å². The Labute approximate surface area is 201 Å². The second kappa shape index (κ2) is 11.8. The van der Waals surface area contributed by atoms with Crippen molar-refractivity contribution >= 4 is 29.9 Å². The molecule has 2 aliphatic heterocycles. The lowest BCUT2D eigenvalue weighted by atomic mass is 10.1. The Morgan fingerprint density at radius 1 is 1.19 bits per heavy atom. The molecule has 9 heteroatoms. The number of nitrogens with one attached hydrogen (secondary N) is 1. The number of hydrogen-bond donors (Lipinski definition) is 1. The van der Waals surface area contributed by atoms with Crippen LogP contribution >= 0.6 is 24.0 Å². The van der Waals surface area contributed by atoms with Crippen molar-refractivity contribution in [3.63, 3.8) is 0 Å². The summed E-state index contributed by atoms with van der Waals surface area (Å²) in [7, 11) is 3.77. The highest BCUT2D eigenvalue weighted by molar-refractivity contribution is 14.0. The molecule has 3 heterocycles. The molecule has 31 heavy (non-hydrogen) atoms. The predicted octanol–water partition coefficient (Wildman–Crippen LogP) is 2.02. The third kappa shape index (κ3) is 6.64. The Morgan fingerprint density at radius 2 is 2.00 bits per heavy atom. The van der Waals surface area contributed by atoms with Gasteiger partial charge in [0.1, 0.15) is 6.10 Å². The number of aliphatic imine (C=N–C) groups is 1. The van der Waals surface area contributed by atoms with E-state index in [1.54, 1.807) is 0 Å². The van der Waals surface area contributed by atoms with Crippen molar-refractivity contribution in [2.75, 3.05) is 53.0 Å². The lowest BCUT2D eigenvalue weighted by Gasteiger charge is -2.34. The first kappa shape index (κ1) is 24.0. The van der Waals surface area contributed by atoms with E-state index in [1.807, 2.05) is 31.2 Å². The Kier molecular flexibility index (Phi) is 9.12. The van der Waals surface area contributed by atoms with Crippen molar-refractivity contribution in [2.24, 2.45) is 12.0 Å². The summed E-state index contributed by atoms with van der Waals surface area (Å²) in [4.78, 5) is 9.22. The van der Waals surface area contributed by atoms with Gasteiger partial charge in [-0.15, -0.1) is 24.0 Å². The van der Waals surface area contributed by atoms with Gasteiger partial charge in [-0.3, -0.25) is 14.6 Å². The minimum Gasteiger partial charge on any atom is -0.379 e. The number of halogens is 1. The van der Waals surface area contributed by atoms with E-state index in [-0.39, 0.29) is 30.1 Å². The summed E-state index contributed by atoms with van der Waals surface area (Å²) < 4.78 is 13.2. The molecule has 1 aromatic heterocycles. The van der Waals surface area contributed by atoms with Gasteiger partial charge in [0.25, 0.3) is 0 Å². The first-order valence-corrected chi connectivity index (χ1v) is 10.6. The summed E-state index contributed by atoms with van der Waals surface area (Å²) in [5.74, 6) is 0.908. The summed E-state index contributed by atoms with van der Waals surface area (Å²) in [5.41, 5.74) is 3.71. The van der Waals surface area contributed by atoms with Crippen LogP contribution in [0.25, 0.3) is 0 Å². The molecule has 4 rings (SSSR count). The summed E-state index contributed by atoms with van der Waals surface area (Å²) in [6, 6.07) is 8.80. The summed E-state index contributed by atoms with van der Waals surface area (Å²) in [6.45, 7) is 7.66. The van der Waals surface area contributed by atoms with Crippen LogP contribution in [0.15, 0.2) is 41.7 Å². The van der Waals surface area contributed by atoms with Crippen LogP contribution in [0, 0.1) is 0 Å². The fourth-order valence-electron chi connectivity index (χ4n) is 4.02. The summed E-state index contributed by atoms with van der Waals surface area (Å²) in [6.07, 6.45) is 3.91. The average molecular weight is 540 g/mol. The molecular weight excluding hydrogens is 507 g/mol. The van der Waals surface area contributed by atoms with Crippen LogP contribution in [-0.2, 0) is 29.6 Å². The molecule has 1 atom stereocenters. The SMILES string of the molecule is CN=C(NCc1cccc(CN2CCOCC2)c1)N1CCOC(c2cnn(C)c2)C1.I. The summed E-state index contributed by atoms with van der Waals surface area (Å²) in [5, 5.41) is 7.80. The highest BCUT2D eigenvalue weighted by atomic mass is 127. The normalized spacial score (nSPS) is 20.4. The molecule has 0 radical (unpaired) electrons. The van der Waals surface area contributed by atoms with Gasteiger partial charge >= 0.3 is 0 Å². The van der Waals surface area contributed by atoms with Crippen LogP contribution in [0.5, 0.6) is 0 Å². The predicted molar refractivity (Wildman–Crippen MR) is 132 cm³/mol. The first-order chi connectivity index (χ1) is 14.7. The number of benzene rings is 1. The molecule has 2 aromatic rings. The first-order valence-electron chi connectivity index (χ1n) is 10.6. The highest BCUT2D eigenvalue weighted by Crippen LogP contribution is 2.21. The van der Waals surface area contributed by atoms with Crippen LogP contribution in [-0.4, -0.2) is 78.6 Å². The van der Waals surface area contributed by atoms with E-state index in [1.165, 1.54) is 11.1 Å². The quantitative estimate of drug-likeness (QED) is 0.356. The Balaban J connectivity index is 0.00000272. The van der Waals surface area contributed by atoms with Gasteiger partial charge in [-0.25, -0.2) is 0 Å². The highest BCUT2D eigenvalue weighted by Gasteiger charge is 2.25. The minimum atomic E-state index is 0. The van der Waals surface area contributed by atoms with Gasteiger partial charge in [0.15, 0.2) is 5.96 Å². The van der Waals surface area contributed by atoms with Crippen LogP contribution in [0.2, 0.25) is 0 Å². The van der Waals surface area contributed by atoms with E-state index in [0.29, 0.717) is 6.61 Å².